The molecule has 1 aliphatic rings. The molecule has 1 aliphatic carbocycles. The number of hydrogen-bond acceptors (Lipinski definition) is 0. The molecular formula is C12H24. The highest BCUT2D eigenvalue weighted by molar-refractivity contribution is 4.85. The highest BCUT2D eigenvalue weighted by Gasteiger charge is 2.35. The minimum Gasteiger partial charge on any atom is -0.0622 e. The molecule has 0 bridgehead atoms. The molecule has 1 saturated carbocycles. The van der Waals surface area contributed by atoms with Gasteiger partial charge in [-0.25, -0.2) is 0 Å². The molecule has 0 heterocycles. The van der Waals surface area contributed by atoms with Gasteiger partial charge in [-0.1, -0.05) is 53.9 Å². The van der Waals surface area contributed by atoms with Crippen molar-refractivity contribution in [1.29, 1.82) is 0 Å². The second-order valence-electron chi connectivity index (χ2n) is 5.78. The van der Waals surface area contributed by atoms with E-state index in [0.717, 1.165) is 17.8 Å². The quantitative estimate of drug-likeness (QED) is 0.511. The summed E-state index contributed by atoms with van der Waals surface area (Å²) in [5, 5.41) is 0. The maximum Gasteiger partial charge on any atom is -0.0314 e. The van der Waals surface area contributed by atoms with E-state index in [-0.39, 0.29) is 0 Å². The van der Waals surface area contributed by atoms with Crippen molar-refractivity contribution in [2.75, 3.05) is 0 Å². The molecule has 12 heavy (non-hydrogen) atoms. The van der Waals surface area contributed by atoms with Crippen LogP contribution in [0.15, 0.2) is 0 Å². The molecule has 0 saturated heterocycles. The van der Waals surface area contributed by atoms with Crippen molar-refractivity contribution in [2.45, 2.75) is 53.9 Å². The molecule has 0 nitrogen and oxygen atoms in total. The van der Waals surface area contributed by atoms with E-state index in [1.807, 2.05) is 0 Å². The fourth-order valence-electron chi connectivity index (χ4n) is 3.39. The molecule has 0 aliphatic heterocycles. The van der Waals surface area contributed by atoms with E-state index in [1.165, 1.54) is 19.3 Å². The maximum atomic E-state index is 2.44. The van der Waals surface area contributed by atoms with Crippen LogP contribution in [-0.2, 0) is 0 Å². The van der Waals surface area contributed by atoms with Crippen molar-refractivity contribution in [2.24, 2.45) is 23.2 Å². The van der Waals surface area contributed by atoms with Gasteiger partial charge in [0, 0.05) is 0 Å². The summed E-state index contributed by atoms with van der Waals surface area (Å²) in [6, 6.07) is 0. The van der Waals surface area contributed by atoms with Gasteiger partial charge in [-0.3, -0.25) is 0 Å². The molecule has 0 heteroatoms. The molecule has 0 spiro atoms. The molecule has 0 aromatic heterocycles. The summed E-state index contributed by atoms with van der Waals surface area (Å²) in [5.41, 5.74) is 0.513. The molecule has 1 rings (SSSR count). The molecule has 0 N–H and O–H groups in total. The molecule has 2 unspecified atom stereocenters. The van der Waals surface area contributed by atoms with E-state index < -0.39 is 0 Å². The number of rotatable bonds is 0. The Bertz CT molecular complexity index is 131. The topological polar surface area (TPSA) is 0 Å². The van der Waals surface area contributed by atoms with E-state index in [4.69, 9.17) is 0 Å². The fourth-order valence-corrected chi connectivity index (χ4v) is 3.39. The Morgan fingerprint density at radius 2 is 1.33 bits per heavy atom. The summed E-state index contributed by atoms with van der Waals surface area (Å²) in [7, 11) is 0. The average Bonchev–Trinajstić information content (AvgIpc) is 1.82. The third-order valence-electron chi connectivity index (χ3n) is 3.55. The zero-order valence-corrected chi connectivity index (χ0v) is 9.35. The third kappa shape index (κ3) is 2.02. The zero-order valence-electron chi connectivity index (χ0n) is 9.35. The Hall–Kier alpha value is 0. The Morgan fingerprint density at radius 3 is 1.58 bits per heavy atom. The largest absolute Gasteiger partial charge is 0.0622 e. The van der Waals surface area contributed by atoms with Crippen LogP contribution in [0.5, 0.6) is 0 Å². The van der Waals surface area contributed by atoms with Gasteiger partial charge >= 0.3 is 0 Å². The van der Waals surface area contributed by atoms with Crippen molar-refractivity contribution in [1.82, 2.24) is 0 Å². The smallest absolute Gasteiger partial charge is 0.0314 e. The van der Waals surface area contributed by atoms with E-state index in [0.29, 0.717) is 5.41 Å². The summed E-state index contributed by atoms with van der Waals surface area (Å²) in [6.45, 7) is 12.1. The summed E-state index contributed by atoms with van der Waals surface area (Å²) in [5.74, 6) is 2.81. The van der Waals surface area contributed by atoms with Gasteiger partial charge in [0.05, 0.1) is 0 Å². The molecule has 1 fully saturated rings. The van der Waals surface area contributed by atoms with Crippen LogP contribution in [0.3, 0.4) is 0 Å². The standard InChI is InChI=1S/C12H24/c1-9-7-6-8-10(2)11(9)12(3,4)5/h9-11H,6-8H2,1-5H3. The van der Waals surface area contributed by atoms with Crippen molar-refractivity contribution in [3.8, 4) is 0 Å². The predicted octanol–water partition coefficient (Wildman–Crippen LogP) is 4.10. The van der Waals surface area contributed by atoms with Gasteiger partial charge in [0.25, 0.3) is 0 Å². The summed E-state index contributed by atoms with van der Waals surface area (Å²) in [4.78, 5) is 0. The Balaban J connectivity index is 2.69. The first-order valence-corrected chi connectivity index (χ1v) is 5.43. The van der Waals surface area contributed by atoms with Gasteiger partial charge in [-0.2, -0.15) is 0 Å². The molecular weight excluding hydrogens is 144 g/mol. The lowest BCUT2D eigenvalue weighted by Gasteiger charge is -2.43. The van der Waals surface area contributed by atoms with Gasteiger partial charge in [0.15, 0.2) is 0 Å². The van der Waals surface area contributed by atoms with Crippen LogP contribution in [-0.4, -0.2) is 0 Å². The minimum absolute atomic E-state index is 0.513. The molecule has 72 valence electrons. The summed E-state index contributed by atoms with van der Waals surface area (Å²) >= 11 is 0. The highest BCUT2D eigenvalue weighted by atomic mass is 14.4. The second kappa shape index (κ2) is 3.40. The molecule has 0 radical (unpaired) electrons. The van der Waals surface area contributed by atoms with Crippen LogP contribution in [0.1, 0.15) is 53.9 Å². The van der Waals surface area contributed by atoms with Crippen molar-refractivity contribution in [3.63, 3.8) is 0 Å². The summed E-state index contributed by atoms with van der Waals surface area (Å²) < 4.78 is 0. The van der Waals surface area contributed by atoms with Crippen molar-refractivity contribution < 1.29 is 0 Å². The van der Waals surface area contributed by atoms with Crippen LogP contribution in [0.4, 0.5) is 0 Å². The molecule has 0 aromatic carbocycles. The summed E-state index contributed by atoms with van der Waals surface area (Å²) in [6.07, 6.45) is 4.35. The normalized spacial score (nSPS) is 38.2. The van der Waals surface area contributed by atoms with Crippen LogP contribution < -0.4 is 0 Å². The molecule has 2 atom stereocenters. The minimum atomic E-state index is 0.513. The number of hydrogen-bond donors (Lipinski definition) is 0. The van der Waals surface area contributed by atoms with Crippen molar-refractivity contribution >= 4 is 0 Å². The van der Waals surface area contributed by atoms with Gasteiger partial charge in [-0.15, -0.1) is 0 Å². The highest BCUT2D eigenvalue weighted by Crippen LogP contribution is 2.44. The lowest BCUT2D eigenvalue weighted by atomic mass is 9.62. The Labute approximate surface area is 77.7 Å². The van der Waals surface area contributed by atoms with Crippen LogP contribution >= 0.6 is 0 Å². The lowest BCUT2D eigenvalue weighted by molar-refractivity contribution is 0.0656. The second-order valence-corrected chi connectivity index (χ2v) is 5.78. The zero-order chi connectivity index (χ0) is 9.35. The van der Waals surface area contributed by atoms with E-state index >= 15 is 0 Å². The van der Waals surface area contributed by atoms with Crippen LogP contribution in [0.25, 0.3) is 0 Å². The third-order valence-corrected chi connectivity index (χ3v) is 3.55. The first-order valence-electron chi connectivity index (χ1n) is 5.43. The van der Waals surface area contributed by atoms with E-state index in [9.17, 15) is 0 Å². The SMILES string of the molecule is CC1CCCC(C)C1C(C)(C)C. The molecule has 0 amide bonds. The maximum absolute atomic E-state index is 2.44. The average molecular weight is 168 g/mol. The molecule has 0 aromatic rings. The van der Waals surface area contributed by atoms with E-state index in [2.05, 4.69) is 34.6 Å². The van der Waals surface area contributed by atoms with Gasteiger partial charge in [0.2, 0.25) is 0 Å². The van der Waals surface area contributed by atoms with Gasteiger partial charge in [0.1, 0.15) is 0 Å². The van der Waals surface area contributed by atoms with E-state index in [1.54, 1.807) is 0 Å². The lowest BCUT2D eigenvalue weighted by Crippen LogP contribution is -2.35. The first-order chi connectivity index (χ1) is 5.43. The van der Waals surface area contributed by atoms with Crippen LogP contribution in [0, 0.1) is 23.2 Å². The Kier molecular flexibility index (Phi) is 2.85. The first kappa shape index (κ1) is 10.1. The van der Waals surface area contributed by atoms with Gasteiger partial charge < -0.3 is 0 Å². The van der Waals surface area contributed by atoms with Gasteiger partial charge in [-0.05, 0) is 23.2 Å². The monoisotopic (exact) mass is 168 g/mol. The van der Waals surface area contributed by atoms with Crippen LogP contribution in [0.2, 0.25) is 0 Å². The fraction of sp³-hybridized carbons (Fsp3) is 1.00. The van der Waals surface area contributed by atoms with Crippen molar-refractivity contribution in [3.05, 3.63) is 0 Å². The predicted molar refractivity (Wildman–Crippen MR) is 55.1 cm³/mol. The Morgan fingerprint density at radius 1 is 0.917 bits per heavy atom.